The summed E-state index contributed by atoms with van der Waals surface area (Å²) in [6.45, 7) is 6.90. The number of hydrogen-bond donors (Lipinski definition) is 0. The summed E-state index contributed by atoms with van der Waals surface area (Å²) in [5.41, 5.74) is 3.08. The number of alkyl halides is 2. The first-order valence-corrected chi connectivity index (χ1v) is 9.13. The Morgan fingerprint density at radius 3 is 2.58 bits per heavy atom. The molecular formula is C20H28F2N2O2. The summed E-state index contributed by atoms with van der Waals surface area (Å²) in [4.78, 5) is 18.8. The first kappa shape index (κ1) is 20.3. The Bertz CT molecular complexity index is 664. The molecule has 0 unspecified atom stereocenters. The van der Waals surface area contributed by atoms with E-state index in [-0.39, 0.29) is 25.4 Å². The molecule has 0 aromatic heterocycles. The van der Waals surface area contributed by atoms with Gasteiger partial charge in [0.15, 0.2) is 0 Å². The van der Waals surface area contributed by atoms with Crippen LogP contribution in [0, 0.1) is 19.8 Å². The molecular weight excluding hydrogens is 338 g/mol. The average molecular weight is 366 g/mol. The molecule has 1 saturated carbocycles. The molecule has 1 aromatic carbocycles. The van der Waals surface area contributed by atoms with Crippen molar-refractivity contribution >= 4 is 18.0 Å². The van der Waals surface area contributed by atoms with Crippen molar-refractivity contribution in [2.45, 2.75) is 52.4 Å². The van der Waals surface area contributed by atoms with E-state index in [9.17, 15) is 13.6 Å². The van der Waals surface area contributed by atoms with Gasteiger partial charge >= 0.3 is 5.97 Å². The summed E-state index contributed by atoms with van der Waals surface area (Å²) in [7, 11) is 1.94. The highest BCUT2D eigenvalue weighted by Gasteiger charge is 2.35. The van der Waals surface area contributed by atoms with Crippen molar-refractivity contribution in [3.8, 4) is 0 Å². The molecule has 1 aliphatic rings. The predicted molar refractivity (Wildman–Crippen MR) is 99.6 cm³/mol. The van der Waals surface area contributed by atoms with Gasteiger partial charge < -0.3 is 9.64 Å². The Hall–Kier alpha value is -1.98. The molecule has 0 saturated heterocycles. The van der Waals surface area contributed by atoms with Crippen molar-refractivity contribution in [3.63, 3.8) is 0 Å². The van der Waals surface area contributed by atoms with Crippen molar-refractivity contribution in [3.05, 3.63) is 28.8 Å². The number of esters is 1. The van der Waals surface area contributed by atoms with Crippen molar-refractivity contribution < 1.29 is 18.3 Å². The fourth-order valence-corrected chi connectivity index (χ4v) is 2.95. The predicted octanol–water partition coefficient (Wildman–Crippen LogP) is 4.90. The molecule has 1 fully saturated rings. The third kappa shape index (κ3) is 5.26. The normalized spacial score (nSPS) is 17.5. The van der Waals surface area contributed by atoms with Gasteiger partial charge in [0.1, 0.15) is 0 Å². The molecule has 4 nitrogen and oxygen atoms in total. The van der Waals surface area contributed by atoms with Gasteiger partial charge in [0.25, 0.3) is 0 Å². The topological polar surface area (TPSA) is 41.9 Å². The SMILES string of the molecule is CCN(C)/C=N/c1ccc(C(=O)OCC2CCC(F)(F)CC2)c(C)c1C. The zero-order chi connectivity index (χ0) is 19.3. The average Bonchev–Trinajstić information content (AvgIpc) is 2.61. The highest BCUT2D eigenvalue weighted by Crippen LogP contribution is 2.36. The van der Waals surface area contributed by atoms with E-state index in [2.05, 4.69) is 4.99 Å². The second-order valence-electron chi connectivity index (χ2n) is 7.10. The van der Waals surface area contributed by atoms with Crippen molar-refractivity contribution in [2.75, 3.05) is 20.2 Å². The lowest BCUT2D eigenvalue weighted by molar-refractivity contribution is -0.0526. The smallest absolute Gasteiger partial charge is 0.338 e. The maximum absolute atomic E-state index is 13.2. The fourth-order valence-electron chi connectivity index (χ4n) is 2.95. The Kier molecular flexibility index (Phi) is 6.73. The lowest BCUT2D eigenvalue weighted by Gasteiger charge is -2.27. The molecule has 0 spiro atoms. The Balaban J connectivity index is 1.99. The van der Waals surface area contributed by atoms with Crippen LogP contribution in [0.5, 0.6) is 0 Å². The minimum absolute atomic E-state index is 0.0217. The number of carbonyl (C=O) groups excluding carboxylic acids is 1. The first-order chi connectivity index (χ1) is 12.2. The Morgan fingerprint density at radius 1 is 1.31 bits per heavy atom. The van der Waals surface area contributed by atoms with Crippen LogP contribution in [0.2, 0.25) is 0 Å². The van der Waals surface area contributed by atoms with Gasteiger partial charge in [0, 0.05) is 26.4 Å². The zero-order valence-electron chi connectivity index (χ0n) is 16.0. The van der Waals surface area contributed by atoms with E-state index in [1.807, 2.05) is 32.7 Å². The van der Waals surface area contributed by atoms with Gasteiger partial charge in [0.05, 0.1) is 24.2 Å². The second-order valence-corrected chi connectivity index (χ2v) is 7.10. The van der Waals surface area contributed by atoms with Crippen LogP contribution < -0.4 is 0 Å². The van der Waals surface area contributed by atoms with Gasteiger partial charge in [-0.05, 0) is 62.8 Å². The summed E-state index contributed by atoms with van der Waals surface area (Å²) < 4.78 is 31.8. The van der Waals surface area contributed by atoms with E-state index in [0.717, 1.165) is 23.4 Å². The maximum atomic E-state index is 13.2. The van der Waals surface area contributed by atoms with Crippen molar-refractivity contribution in [2.24, 2.45) is 10.9 Å². The lowest BCUT2D eigenvalue weighted by atomic mass is 9.87. The van der Waals surface area contributed by atoms with Crippen LogP contribution in [0.25, 0.3) is 0 Å². The van der Waals surface area contributed by atoms with Crippen molar-refractivity contribution in [1.29, 1.82) is 0 Å². The third-order valence-corrected chi connectivity index (χ3v) is 5.16. The number of ether oxygens (including phenoxy) is 1. The Labute approximate surface area is 154 Å². The summed E-state index contributed by atoms with van der Waals surface area (Å²) in [5, 5.41) is 0. The number of rotatable bonds is 6. The van der Waals surface area contributed by atoms with E-state index < -0.39 is 11.9 Å². The van der Waals surface area contributed by atoms with Crippen molar-refractivity contribution in [1.82, 2.24) is 4.90 Å². The minimum atomic E-state index is -2.56. The molecule has 6 heteroatoms. The second kappa shape index (κ2) is 8.60. The van der Waals surface area contributed by atoms with Crippen LogP contribution in [-0.4, -0.2) is 43.3 Å². The number of aliphatic imine (C=N–C) groups is 1. The maximum Gasteiger partial charge on any atom is 0.338 e. The van der Waals surface area contributed by atoms with Crippen LogP contribution in [0.15, 0.2) is 17.1 Å². The number of nitrogens with zero attached hydrogens (tertiary/aromatic N) is 2. The Morgan fingerprint density at radius 2 is 1.96 bits per heavy atom. The summed E-state index contributed by atoms with van der Waals surface area (Å²) in [6.07, 6.45) is 2.32. The first-order valence-electron chi connectivity index (χ1n) is 9.13. The number of benzene rings is 1. The van der Waals surface area contributed by atoms with Crippen LogP contribution in [-0.2, 0) is 4.74 Å². The zero-order valence-corrected chi connectivity index (χ0v) is 16.0. The molecule has 0 atom stereocenters. The summed E-state index contributed by atoms with van der Waals surface area (Å²) in [5.74, 6) is -2.94. The molecule has 0 N–H and O–H groups in total. The number of halogens is 2. The number of hydrogen-bond acceptors (Lipinski definition) is 3. The summed E-state index contributed by atoms with van der Waals surface area (Å²) >= 11 is 0. The van der Waals surface area contributed by atoms with E-state index in [4.69, 9.17) is 4.74 Å². The van der Waals surface area contributed by atoms with Crippen LogP contribution in [0.1, 0.15) is 54.1 Å². The quantitative estimate of drug-likeness (QED) is 0.409. The van der Waals surface area contributed by atoms with Gasteiger partial charge in [-0.1, -0.05) is 0 Å². The molecule has 0 heterocycles. The van der Waals surface area contributed by atoms with E-state index >= 15 is 0 Å². The molecule has 0 amide bonds. The van der Waals surface area contributed by atoms with Crippen LogP contribution >= 0.6 is 0 Å². The molecule has 0 bridgehead atoms. The third-order valence-electron chi connectivity index (χ3n) is 5.16. The largest absolute Gasteiger partial charge is 0.462 e. The van der Waals surface area contributed by atoms with E-state index in [0.29, 0.717) is 18.4 Å². The molecule has 144 valence electrons. The molecule has 2 rings (SSSR count). The minimum Gasteiger partial charge on any atom is -0.462 e. The van der Waals surface area contributed by atoms with Gasteiger partial charge in [0.2, 0.25) is 5.92 Å². The highest BCUT2D eigenvalue weighted by molar-refractivity contribution is 5.92. The van der Waals surface area contributed by atoms with Gasteiger partial charge in [-0.2, -0.15) is 0 Å². The van der Waals surface area contributed by atoms with Gasteiger partial charge in [-0.25, -0.2) is 18.6 Å². The monoisotopic (exact) mass is 366 g/mol. The number of carbonyl (C=O) groups is 1. The lowest BCUT2D eigenvalue weighted by Crippen LogP contribution is -2.27. The van der Waals surface area contributed by atoms with Gasteiger partial charge in [-0.15, -0.1) is 0 Å². The van der Waals surface area contributed by atoms with Gasteiger partial charge in [-0.3, -0.25) is 0 Å². The molecule has 0 aliphatic heterocycles. The van der Waals surface area contributed by atoms with Crippen LogP contribution in [0.4, 0.5) is 14.5 Å². The standard InChI is InChI=1S/C20H28F2N2O2/c1-5-24(4)13-23-18-7-6-17(14(2)15(18)3)19(25)26-12-16-8-10-20(21,22)11-9-16/h6-7,13,16H,5,8-12H2,1-4H3/b23-13+. The molecule has 0 radical (unpaired) electrons. The fraction of sp³-hybridized carbons (Fsp3) is 0.600. The molecule has 1 aromatic rings. The van der Waals surface area contributed by atoms with E-state index in [1.165, 1.54) is 0 Å². The van der Waals surface area contributed by atoms with Crippen LogP contribution in [0.3, 0.4) is 0 Å². The molecule has 26 heavy (non-hydrogen) atoms. The highest BCUT2D eigenvalue weighted by atomic mass is 19.3. The van der Waals surface area contributed by atoms with E-state index in [1.54, 1.807) is 18.5 Å². The summed E-state index contributed by atoms with van der Waals surface area (Å²) in [6, 6.07) is 3.53. The molecule has 1 aliphatic carbocycles.